The largest absolute Gasteiger partial charge is 0.462 e. The standard InChI is InChI=1S/C10H12O3/c1-6-10(5-9(11)12-6)4-7-2-3-8(10)13-7/h2-3,6-8H,4-5H2,1H3. The highest BCUT2D eigenvalue weighted by Crippen LogP contribution is 2.52. The van der Waals surface area contributed by atoms with Crippen molar-refractivity contribution in [2.75, 3.05) is 0 Å². The number of hydrogen-bond acceptors (Lipinski definition) is 3. The van der Waals surface area contributed by atoms with Crippen LogP contribution in [0, 0.1) is 5.41 Å². The van der Waals surface area contributed by atoms with Crippen molar-refractivity contribution in [2.24, 2.45) is 5.41 Å². The predicted molar refractivity (Wildman–Crippen MR) is 45.0 cm³/mol. The van der Waals surface area contributed by atoms with Crippen molar-refractivity contribution in [3.63, 3.8) is 0 Å². The van der Waals surface area contributed by atoms with Crippen LogP contribution < -0.4 is 0 Å². The molecule has 0 saturated carbocycles. The molecule has 4 atom stereocenters. The molecule has 0 radical (unpaired) electrons. The molecule has 0 N–H and O–H groups in total. The van der Waals surface area contributed by atoms with Gasteiger partial charge in [0.15, 0.2) is 0 Å². The van der Waals surface area contributed by atoms with Crippen molar-refractivity contribution < 1.29 is 14.3 Å². The van der Waals surface area contributed by atoms with E-state index in [1.54, 1.807) is 0 Å². The lowest BCUT2D eigenvalue weighted by Crippen LogP contribution is -2.36. The van der Waals surface area contributed by atoms with Crippen LogP contribution in [0.1, 0.15) is 19.8 Å². The van der Waals surface area contributed by atoms with Gasteiger partial charge in [0.1, 0.15) is 6.10 Å². The second-order valence-corrected chi connectivity index (χ2v) is 4.23. The highest BCUT2D eigenvalue weighted by molar-refractivity contribution is 5.73. The highest BCUT2D eigenvalue weighted by Gasteiger charge is 2.58. The molecule has 2 bridgehead atoms. The molecule has 3 heterocycles. The van der Waals surface area contributed by atoms with Gasteiger partial charge in [-0.15, -0.1) is 0 Å². The van der Waals surface area contributed by atoms with E-state index in [0.717, 1.165) is 6.42 Å². The number of carbonyl (C=O) groups is 1. The van der Waals surface area contributed by atoms with E-state index in [0.29, 0.717) is 6.42 Å². The number of hydrogen-bond donors (Lipinski definition) is 0. The van der Waals surface area contributed by atoms with Crippen LogP contribution in [0.3, 0.4) is 0 Å². The Morgan fingerprint density at radius 2 is 2.38 bits per heavy atom. The molecule has 0 amide bonds. The van der Waals surface area contributed by atoms with Gasteiger partial charge in [-0.25, -0.2) is 0 Å². The van der Waals surface area contributed by atoms with Crippen LogP contribution in [0.4, 0.5) is 0 Å². The van der Waals surface area contributed by atoms with Crippen molar-refractivity contribution in [1.29, 1.82) is 0 Å². The van der Waals surface area contributed by atoms with Gasteiger partial charge < -0.3 is 9.47 Å². The summed E-state index contributed by atoms with van der Waals surface area (Å²) in [6.45, 7) is 1.98. The second-order valence-electron chi connectivity index (χ2n) is 4.23. The minimum atomic E-state index is -0.0722. The summed E-state index contributed by atoms with van der Waals surface area (Å²) in [6.07, 6.45) is 5.99. The molecule has 1 spiro atoms. The molecule has 2 fully saturated rings. The van der Waals surface area contributed by atoms with E-state index in [9.17, 15) is 4.79 Å². The average molecular weight is 180 g/mol. The number of esters is 1. The van der Waals surface area contributed by atoms with E-state index in [-0.39, 0.29) is 29.7 Å². The minimum Gasteiger partial charge on any atom is -0.462 e. The molecule has 4 unspecified atom stereocenters. The lowest BCUT2D eigenvalue weighted by Gasteiger charge is -2.29. The maximum Gasteiger partial charge on any atom is 0.306 e. The Bertz CT molecular complexity index is 297. The molecular weight excluding hydrogens is 168 g/mol. The SMILES string of the molecule is CC1OC(=O)CC12CC1C=CC2O1. The molecule has 2 saturated heterocycles. The first-order chi connectivity index (χ1) is 6.21. The van der Waals surface area contributed by atoms with Gasteiger partial charge in [-0.3, -0.25) is 4.79 Å². The average Bonchev–Trinajstić information content (AvgIpc) is 2.68. The summed E-state index contributed by atoms with van der Waals surface area (Å²) in [5.74, 6) is -0.0722. The molecule has 0 aromatic rings. The van der Waals surface area contributed by atoms with Crippen LogP contribution in [-0.2, 0) is 14.3 Å². The van der Waals surface area contributed by atoms with Crippen molar-refractivity contribution >= 4 is 5.97 Å². The third-order valence-electron chi connectivity index (χ3n) is 3.56. The fourth-order valence-corrected chi connectivity index (χ4v) is 2.78. The Kier molecular flexibility index (Phi) is 1.25. The summed E-state index contributed by atoms with van der Waals surface area (Å²) in [6, 6.07) is 0. The van der Waals surface area contributed by atoms with E-state index in [1.807, 2.05) is 6.92 Å². The van der Waals surface area contributed by atoms with E-state index < -0.39 is 0 Å². The molecule has 3 nitrogen and oxygen atoms in total. The van der Waals surface area contributed by atoms with Gasteiger partial charge in [0.25, 0.3) is 0 Å². The predicted octanol–water partition coefficient (Wildman–Crippen LogP) is 1.04. The van der Waals surface area contributed by atoms with Crippen molar-refractivity contribution in [1.82, 2.24) is 0 Å². The first kappa shape index (κ1) is 7.56. The number of fused-ring (bicyclic) bond motifs is 3. The van der Waals surface area contributed by atoms with Crippen LogP contribution in [0.5, 0.6) is 0 Å². The monoisotopic (exact) mass is 180 g/mol. The van der Waals surface area contributed by atoms with E-state index >= 15 is 0 Å². The third-order valence-corrected chi connectivity index (χ3v) is 3.56. The van der Waals surface area contributed by atoms with E-state index in [4.69, 9.17) is 9.47 Å². The first-order valence-electron chi connectivity index (χ1n) is 4.74. The summed E-state index contributed by atoms with van der Waals surface area (Å²) < 4.78 is 10.9. The summed E-state index contributed by atoms with van der Waals surface area (Å²) in [4.78, 5) is 11.2. The fourth-order valence-electron chi connectivity index (χ4n) is 2.78. The smallest absolute Gasteiger partial charge is 0.306 e. The van der Waals surface area contributed by atoms with Crippen molar-refractivity contribution in [3.05, 3.63) is 12.2 Å². The molecule has 3 aliphatic heterocycles. The summed E-state index contributed by atoms with van der Waals surface area (Å²) in [5.41, 5.74) is -0.0451. The highest BCUT2D eigenvalue weighted by atomic mass is 16.6. The maximum atomic E-state index is 11.2. The quantitative estimate of drug-likeness (QED) is 0.412. The lowest BCUT2D eigenvalue weighted by molar-refractivity contribution is -0.141. The van der Waals surface area contributed by atoms with Gasteiger partial charge in [0.2, 0.25) is 0 Å². The zero-order valence-electron chi connectivity index (χ0n) is 7.53. The first-order valence-corrected chi connectivity index (χ1v) is 4.74. The van der Waals surface area contributed by atoms with Crippen molar-refractivity contribution in [3.8, 4) is 0 Å². The topological polar surface area (TPSA) is 35.5 Å². The van der Waals surface area contributed by atoms with E-state index in [2.05, 4.69) is 12.2 Å². The third kappa shape index (κ3) is 0.804. The number of cyclic esters (lactones) is 1. The normalized spacial score (nSPS) is 52.1. The minimum absolute atomic E-state index is 0.0138. The second kappa shape index (κ2) is 2.15. The van der Waals surface area contributed by atoms with Gasteiger partial charge in [-0.2, -0.15) is 0 Å². The molecule has 3 aliphatic rings. The molecule has 0 aliphatic carbocycles. The Labute approximate surface area is 76.7 Å². The Balaban J connectivity index is 1.98. The van der Waals surface area contributed by atoms with Gasteiger partial charge in [0, 0.05) is 0 Å². The molecule has 0 aromatic carbocycles. The number of carbonyl (C=O) groups excluding carboxylic acids is 1. The number of ether oxygens (including phenoxy) is 2. The molecule has 0 aromatic heterocycles. The van der Waals surface area contributed by atoms with Gasteiger partial charge in [-0.05, 0) is 13.3 Å². The summed E-state index contributed by atoms with van der Waals surface area (Å²) >= 11 is 0. The maximum absolute atomic E-state index is 11.2. The van der Waals surface area contributed by atoms with Gasteiger partial charge >= 0.3 is 5.97 Å². The molecule has 70 valence electrons. The van der Waals surface area contributed by atoms with Crippen LogP contribution in [0.15, 0.2) is 12.2 Å². The number of rotatable bonds is 0. The lowest BCUT2D eigenvalue weighted by atomic mass is 9.72. The molecule has 13 heavy (non-hydrogen) atoms. The zero-order chi connectivity index (χ0) is 9.05. The Morgan fingerprint density at radius 1 is 1.54 bits per heavy atom. The summed E-state index contributed by atoms with van der Waals surface area (Å²) in [7, 11) is 0. The van der Waals surface area contributed by atoms with Crippen LogP contribution >= 0.6 is 0 Å². The van der Waals surface area contributed by atoms with Crippen LogP contribution in [0.25, 0.3) is 0 Å². The van der Waals surface area contributed by atoms with Gasteiger partial charge in [-0.1, -0.05) is 12.2 Å². The van der Waals surface area contributed by atoms with Gasteiger partial charge in [0.05, 0.1) is 24.0 Å². The summed E-state index contributed by atoms with van der Waals surface area (Å²) in [5, 5.41) is 0. The molecule has 3 heteroatoms. The zero-order valence-corrected chi connectivity index (χ0v) is 7.53. The van der Waals surface area contributed by atoms with Crippen molar-refractivity contribution in [2.45, 2.75) is 38.1 Å². The van der Waals surface area contributed by atoms with Crippen LogP contribution in [0.2, 0.25) is 0 Å². The molecular formula is C10H12O3. The van der Waals surface area contributed by atoms with Crippen LogP contribution in [-0.4, -0.2) is 24.3 Å². The molecule has 3 rings (SSSR count). The Hall–Kier alpha value is -0.830. The fraction of sp³-hybridized carbons (Fsp3) is 0.700. The Morgan fingerprint density at radius 3 is 2.85 bits per heavy atom. The van der Waals surface area contributed by atoms with E-state index in [1.165, 1.54) is 0 Å².